The second kappa shape index (κ2) is 13.6. The Balaban J connectivity index is 0.000000877. The molecule has 1 fully saturated rings. The van der Waals surface area contributed by atoms with Gasteiger partial charge in [0.05, 0.1) is 30.9 Å². The molecule has 2 aromatic rings. The normalized spacial score (nSPS) is 14.4. The van der Waals surface area contributed by atoms with Crippen LogP contribution in [0.25, 0.3) is 0 Å². The van der Waals surface area contributed by atoms with Crippen molar-refractivity contribution in [3.63, 3.8) is 0 Å². The van der Waals surface area contributed by atoms with E-state index < -0.39 is 26.0 Å². The van der Waals surface area contributed by atoms with Gasteiger partial charge < -0.3 is 19.7 Å². The lowest BCUT2D eigenvalue weighted by Gasteiger charge is -2.36. The third-order valence-electron chi connectivity index (χ3n) is 5.49. The Morgan fingerprint density at radius 1 is 1.00 bits per heavy atom. The number of nitrogens with one attached hydrogen (secondary N) is 1. The number of carbonyl (C=O) groups is 1. The van der Waals surface area contributed by atoms with Crippen molar-refractivity contribution in [3.05, 3.63) is 48.0 Å². The standard InChI is InChI=1S/C22H30N4O5S.CH4O3S/c1-30-18-6-4-17(5-7-18)26-14-12-25(13-15-26)11-3-10-24-22(27)20-16-19(32(23,28)29)8-9-21(20)31-2;1-5(2,3)4/h4-9,16H,3,10-15H2,1-2H3,(H,24,27)(H2,23,28,29);1H3,(H,2,3,4). The van der Waals surface area contributed by atoms with E-state index in [1.54, 1.807) is 7.11 Å². The minimum atomic E-state index is -3.90. The molecule has 0 bridgehead atoms. The Hall–Kier alpha value is -2.91. The van der Waals surface area contributed by atoms with E-state index in [1.807, 2.05) is 12.1 Å². The van der Waals surface area contributed by atoms with Gasteiger partial charge in [0.1, 0.15) is 11.5 Å². The Labute approximate surface area is 218 Å². The largest absolute Gasteiger partial charge is 0.497 e. The molecule has 0 saturated carbocycles. The summed E-state index contributed by atoms with van der Waals surface area (Å²) in [6, 6.07) is 12.1. The lowest BCUT2D eigenvalue weighted by molar-refractivity contribution is 0.0948. The Morgan fingerprint density at radius 2 is 1.59 bits per heavy atom. The molecule has 37 heavy (non-hydrogen) atoms. The molecule has 0 aliphatic carbocycles. The minimum Gasteiger partial charge on any atom is -0.497 e. The molecule has 1 aliphatic rings. The number of hydrogen-bond acceptors (Lipinski definition) is 9. The maximum Gasteiger partial charge on any atom is 0.261 e. The van der Waals surface area contributed by atoms with Gasteiger partial charge in [-0.25, -0.2) is 13.6 Å². The van der Waals surface area contributed by atoms with Gasteiger partial charge in [0, 0.05) is 38.4 Å². The van der Waals surface area contributed by atoms with Crippen molar-refractivity contribution in [2.45, 2.75) is 11.3 Å². The molecule has 3 rings (SSSR count). The quantitative estimate of drug-likeness (QED) is 0.296. The summed E-state index contributed by atoms with van der Waals surface area (Å²) in [7, 11) is -4.48. The monoisotopic (exact) mass is 558 g/mol. The fourth-order valence-corrected chi connectivity index (χ4v) is 4.20. The number of primary sulfonamides is 1. The molecule has 0 radical (unpaired) electrons. The van der Waals surface area contributed by atoms with Gasteiger partial charge in [0.15, 0.2) is 0 Å². The molecule has 0 unspecified atom stereocenters. The van der Waals surface area contributed by atoms with Crippen LogP contribution < -0.4 is 24.8 Å². The number of nitrogens with two attached hydrogens (primary N) is 1. The van der Waals surface area contributed by atoms with Gasteiger partial charge in [-0.2, -0.15) is 8.42 Å². The van der Waals surface area contributed by atoms with Crippen LogP contribution in [0, 0.1) is 0 Å². The highest BCUT2D eigenvalue weighted by molar-refractivity contribution is 7.89. The molecule has 1 heterocycles. The number of nitrogens with zero attached hydrogens (tertiary/aromatic N) is 2. The van der Waals surface area contributed by atoms with Crippen molar-refractivity contribution >= 4 is 31.7 Å². The number of amides is 1. The molecule has 206 valence electrons. The van der Waals surface area contributed by atoms with Crippen LogP contribution in [0.3, 0.4) is 0 Å². The zero-order chi connectivity index (χ0) is 27.6. The predicted octanol–water partition coefficient (Wildman–Crippen LogP) is 0.797. The van der Waals surface area contributed by atoms with E-state index in [0.29, 0.717) is 18.6 Å². The number of ether oxygens (including phenoxy) is 2. The smallest absolute Gasteiger partial charge is 0.261 e. The van der Waals surface area contributed by atoms with Crippen LogP contribution in [0.2, 0.25) is 0 Å². The summed E-state index contributed by atoms with van der Waals surface area (Å²) in [6.45, 7) is 5.12. The first-order valence-electron chi connectivity index (χ1n) is 11.3. The van der Waals surface area contributed by atoms with E-state index in [4.69, 9.17) is 19.2 Å². The number of benzene rings is 2. The van der Waals surface area contributed by atoms with Crippen molar-refractivity contribution in [3.8, 4) is 11.5 Å². The summed E-state index contributed by atoms with van der Waals surface area (Å²) in [4.78, 5) is 17.1. The van der Waals surface area contributed by atoms with Gasteiger partial charge in [-0.3, -0.25) is 14.2 Å². The van der Waals surface area contributed by atoms with Gasteiger partial charge in [0.2, 0.25) is 10.0 Å². The maximum absolute atomic E-state index is 12.5. The Morgan fingerprint density at radius 3 is 2.11 bits per heavy atom. The van der Waals surface area contributed by atoms with Gasteiger partial charge in [0.25, 0.3) is 16.0 Å². The van der Waals surface area contributed by atoms with E-state index in [2.05, 4.69) is 27.2 Å². The van der Waals surface area contributed by atoms with Crippen LogP contribution in [0.1, 0.15) is 16.8 Å². The Kier molecular flexibility index (Phi) is 11.1. The molecule has 1 saturated heterocycles. The van der Waals surface area contributed by atoms with E-state index >= 15 is 0 Å². The van der Waals surface area contributed by atoms with E-state index in [-0.39, 0.29) is 10.5 Å². The third-order valence-corrected chi connectivity index (χ3v) is 6.40. The zero-order valence-corrected chi connectivity index (χ0v) is 22.7. The van der Waals surface area contributed by atoms with Crippen molar-refractivity contribution in [2.75, 3.05) is 64.6 Å². The van der Waals surface area contributed by atoms with Crippen LogP contribution in [0.5, 0.6) is 11.5 Å². The topological polar surface area (TPSA) is 169 Å². The van der Waals surface area contributed by atoms with E-state index in [9.17, 15) is 21.6 Å². The number of carbonyl (C=O) groups excluding carboxylic acids is 1. The highest BCUT2D eigenvalue weighted by Crippen LogP contribution is 2.22. The number of rotatable bonds is 9. The van der Waals surface area contributed by atoms with Gasteiger partial charge in [-0.1, -0.05) is 0 Å². The van der Waals surface area contributed by atoms with Crippen LogP contribution >= 0.6 is 0 Å². The molecule has 0 atom stereocenters. The summed E-state index contributed by atoms with van der Waals surface area (Å²) in [5.41, 5.74) is 1.33. The second-order valence-electron chi connectivity index (χ2n) is 8.28. The summed E-state index contributed by atoms with van der Waals surface area (Å²) in [5, 5.41) is 8.00. The molecular formula is C23H34N4O8S2. The fourth-order valence-electron chi connectivity index (χ4n) is 3.66. The minimum absolute atomic E-state index is 0.127. The molecule has 4 N–H and O–H groups in total. The third kappa shape index (κ3) is 10.5. The SMILES string of the molecule is COc1ccc(N2CCN(CCCNC(=O)c3cc(S(N)(=O)=O)ccc3OC)CC2)cc1.CS(=O)(=O)O. The first-order valence-corrected chi connectivity index (χ1v) is 14.7. The first kappa shape index (κ1) is 30.3. The van der Waals surface area contributed by atoms with Gasteiger partial charge in [-0.05, 0) is 55.4 Å². The number of hydrogen-bond donors (Lipinski definition) is 3. The molecule has 2 aromatic carbocycles. The molecule has 12 nitrogen and oxygen atoms in total. The van der Waals surface area contributed by atoms with Gasteiger partial charge in [-0.15, -0.1) is 0 Å². The zero-order valence-electron chi connectivity index (χ0n) is 21.1. The lowest BCUT2D eigenvalue weighted by atomic mass is 10.2. The summed E-state index contributed by atoms with van der Waals surface area (Å²) >= 11 is 0. The van der Waals surface area contributed by atoms with Crippen molar-refractivity contribution < 1.29 is 35.7 Å². The average Bonchev–Trinajstić information content (AvgIpc) is 2.85. The molecule has 0 spiro atoms. The van der Waals surface area contributed by atoms with E-state index in [0.717, 1.165) is 44.9 Å². The van der Waals surface area contributed by atoms with Crippen LogP contribution in [0.4, 0.5) is 5.69 Å². The lowest BCUT2D eigenvalue weighted by Crippen LogP contribution is -2.47. The van der Waals surface area contributed by atoms with E-state index in [1.165, 1.54) is 31.0 Å². The number of methoxy groups -OCH3 is 2. The summed E-state index contributed by atoms with van der Waals surface area (Å²) < 4.78 is 59.4. The van der Waals surface area contributed by atoms with Crippen molar-refractivity contribution in [2.24, 2.45) is 5.14 Å². The highest BCUT2D eigenvalue weighted by Gasteiger charge is 2.19. The summed E-state index contributed by atoms with van der Waals surface area (Å²) in [6.07, 6.45) is 1.50. The number of anilines is 1. The second-order valence-corrected chi connectivity index (χ2v) is 11.3. The molecule has 1 amide bonds. The first-order chi connectivity index (χ1) is 17.3. The molecular weight excluding hydrogens is 524 g/mol. The highest BCUT2D eigenvalue weighted by atomic mass is 32.2. The summed E-state index contributed by atoms with van der Waals surface area (Å²) in [5.74, 6) is 0.754. The maximum atomic E-state index is 12.5. The average molecular weight is 559 g/mol. The van der Waals surface area contributed by atoms with Crippen LogP contribution in [-0.4, -0.2) is 91.9 Å². The Bertz CT molecular complexity index is 1240. The number of sulfonamides is 1. The van der Waals surface area contributed by atoms with Crippen molar-refractivity contribution in [1.29, 1.82) is 0 Å². The van der Waals surface area contributed by atoms with Crippen LogP contribution in [0.15, 0.2) is 47.4 Å². The molecule has 1 aliphatic heterocycles. The van der Waals surface area contributed by atoms with Gasteiger partial charge >= 0.3 is 0 Å². The van der Waals surface area contributed by atoms with Crippen LogP contribution in [-0.2, 0) is 20.1 Å². The fraction of sp³-hybridized carbons (Fsp3) is 0.435. The molecule has 14 heteroatoms. The van der Waals surface area contributed by atoms with Crippen molar-refractivity contribution in [1.82, 2.24) is 10.2 Å². The predicted molar refractivity (Wildman–Crippen MR) is 140 cm³/mol. The molecule has 0 aromatic heterocycles. The number of piperazine rings is 1.